The second kappa shape index (κ2) is 11.8. The van der Waals surface area contributed by atoms with Crippen molar-refractivity contribution in [2.24, 2.45) is 11.8 Å². The zero-order chi connectivity index (χ0) is 26.6. The van der Waals surface area contributed by atoms with E-state index in [0.29, 0.717) is 44.2 Å². The Labute approximate surface area is 219 Å². The van der Waals surface area contributed by atoms with Crippen LogP contribution in [0.5, 0.6) is 0 Å². The quantitative estimate of drug-likeness (QED) is 0.483. The highest BCUT2D eigenvalue weighted by Crippen LogP contribution is 2.34. The lowest BCUT2D eigenvalue weighted by molar-refractivity contribution is -0.124. The maximum absolute atomic E-state index is 14.1. The standard InChI is InChI=1S/C27H38N4O5S/c1-4-36-27(33)24-19-29(18-21-8-6-5-7-9-21)28-25(24)31(26(32)22-12-10-20(2)11-13-22)23-14-16-30(17-15-23)37(3,34)35/h5-9,19-20,22-23H,4,10-18H2,1-3H3/t20-,22-. The number of benzene rings is 1. The number of rotatable bonds is 8. The number of hydrogen-bond donors (Lipinski definition) is 0. The van der Waals surface area contributed by atoms with E-state index in [1.54, 1.807) is 22.7 Å². The largest absolute Gasteiger partial charge is 0.462 e. The summed E-state index contributed by atoms with van der Waals surface area (Å²) in [5.74, 6) is 0.227. The van der Waals surface area contributed by atoms with Crippen molar-refractivity contribution in [3.8, 4) is 0 Å². The molecule has 202 valence electrons. The first-order chi connectivity index (χ1) is 17.7. The van der Waals surface area contributed by atoms with E-state index in [2.05, 4.69) is 6.92 Å². The Morgan fingerprint density at radius 3 is 2.30 bits per heavy atom. The number of carbonyl (C=O) groups is 2. The number of anilines is 1. The second-order valence-corrected chi connectivity index (χ2v) is 12.3. The Morgan fingerprint density at radius 2 is 1.70 bits per heavy atom. The van der Waals surface area contributed by atoms with E-state index >= 15 is 0 Å². The van der Waals surface area contributed by atoms with Crippen LogP contribution in [0.1, 0.15) is 68.3 Å². The van der Waals surface area contributed by atoms with Crippen molar-refractivity contribution in [3.63, 3.8) is 0 Å². The maximum atomic E-state index is 14.1. The van der Waals surface area contributed by atoms with E-state index in [1.165, 1.54) is 10.6 Å². The van der Waals surface area contributed by atoms with Crippen molar-refractivity contribution in [2.75, 3.05) is 30.9 Å². The zero-order valence-corrected chi connectivity index (χ0v) is 22.8. The maximum Gasteiger partial charge on any atom is 0.343 e. The van der Waals surface area contributed by atoms with Crippen LogP contribution >= 0.6 is 0 Å². The summed E-state index contributed by atoms with van der Waals surface area (Å²) in [7, 11) is -3.31. The first-order valence-electron chi connectivity index (χ1n) is 13.2. The molecule has 2 fully saturated rings. The van der Waals surface area contributed by atoms with Gasteiger partial charge >= 0.3 is 5.97 Å². The van der Waals surface area contributed by atoms with Gasteiger partial charge in [0.15, 0.2) is 5.82 Å². The molecule has 0 radical (unpaired) electrons. The fourth-order valence-electron chi connectivity index (χ4n) is 5.39. The lowest BCUT2D eigenvalue weighted by Gasteiger charge is -2.39. The van der Waals surface area contributed by atoms with E-state index in [-0.39, 0.29) is 30.0 Å². The number of ether oxygens (including phenoxy) is 1. The third kappa shape index (κ3) is 6.59. The van der Waals surface area contributed by atoms with Crippen molar-refractivity contribution in [1.29, 1.82) is 0 Å². The first kappa shape index (κ1) is 27.3. The second-order valence-electron chi connectivity index (χ2n) is 10.3. The van der Waals surface area contributed by atoms with Gasteiger partial charge in [0.05, 0.1) is 19.4 Å². The minimum Gasteiger partial charge on any atom is -0.462 e. The topological polar surface area (TPSA) is 102 Å². The minimum atomic E-state index is -3.31. The highest BCUT2D eigenvalue weighted by molar-refractivity contribution is 7.88. The van der Waals surface area contributed by atoms with E-state index in [4.69, 9.17) is 9.84 Å². The van der Waals surface area contributed by atoms with Gasteiger partial charge in [0.2, 0.25) is 15.9 Å². The summed E-state index contributed by atoms with van der Waals surface area (Å²) in [5.41, 5.74) is 1.29. The van der Waals surface area contributed by atoms with Crippen LogP contribution in [-0.4, -0.2) is 66.4 Å². The SMILES string of the molecule is CCOC(=O)c1cn(Cc2ccccc2)nc1N(C(=O)[C@H]1CC[C@H](C)CC1)C1CCN(S(C)(=O)=O)CC1. The monoisotopic (exact) mass is 530 g/mol. The van der Waals surface area contributed by atoms with Gasteiger partial charge in [-0.25, -0.2) is 17.5 Å². The number of piperidine rings is 1. The van der Waals surface area contributed by atoms with E-state index in [9.17, 15) is 18.0 Å². The molecule has 0 unspecified atom stereocenters. The van der Waals surface area contributed by atoms with Crippen LogP contribution in [0.4, 0.5) is 5.82 Å². The third-order valence-electron chi connectivity index (χ3n) is 7.51. The van der Waals surface area contributed by atoms with Gasteiger partial charge in [-0.05, 0) is 56.9 Å². The Bertz CT molecular complexity index is 1180. The Kier molecular flexibility index (Phi) is 8.69. The fraction of sp³-hybridized carbons (Fsp3) is 0.593. The average molecular weight is 531 g/mol. The van der Waals surface area contributed by atoms with Crippen molar-refractivity contribution in [3.05, 3.63) is 47.7 Å². The molecule has 0 spiro atoms. The number of nitrogens with zero attached hydrogens (tertiary/aromatic N) is 4. The van der Waals surface area contributed by atoms with Gasteiger partial charge in [0.1, 0.15) is 5.56 Å². The van der Waals surface area contributed by atoms with Gasteiger partial charge in [0, 0.05) is 31.2 Å². The number of hydrogen-bond acceptors (Lipinski definition) is 6. The first-order valence-corrected chi connectivity index (χ1v) is 15.1. The van der Waals surface area contributed by atoms with Gasteiger partial charge in [-0.3, -0.25) is 14.4 Å². The molecule has 0 N–H and O–H groups in total. The molecule has 1 saturated heterocycles. The van der Waals surface area contributed by atoms with Crippen molar-refractivity contribution in [2.45, 2.75) is 65.0 Å². The summed E-state index contributed by atoms with van der Waals surface area (Å²) in [6.45, 7) is 5.28. The number of amides is 1. The van der Waals surface area contributed by atoms with Gasteiger partial charge < -0.3 is 4.74 Å². The molecule has 4 rings (SSSR count). The smallest absolute Gasteiger partial charge is 0.343 e. The van der Waals surface area contributed by atoms with Crippen LogP contribution in [0.25, 0.3) is 0 Å². The van der Waals surface area contributed by atoms with Crippen LogP contribution in [0.3, 0.4) is 0 Å². The molecule has 1 aliphatic heterocycles. The van der Waals surface area contributed by atoms with Gasteiger partial charge in [-0.2, -0.15) is 5.10 Å². The van der Waals surface area contributed by atoms with Crippen molar-refractivity contribution < 1.29 is 22.7 Å². The molecule has 1 amide bonds. The Balaban J connectivity index is 1.70. The van der Waals surface area contributed by atoms with Crippen LogP contribution < -0.4 is 4.90 Å². The average Bonchev–Trinajstić information content (AvgIpc) is 3.28. The minimum absolute atomic E-state index is 0.0276. The van der Waals surface area contributed by atoms with E-state index in [1.807, 2.05) is 30.3 Å². The highest BCUT2D eigenvalue weighted by atomic mass is 32.2. The van der Waals surface area contributed by atoms with Gasteiger partial charge in [-0.15, -0.1) is 0 Å². The van der Waals surface area contributed by atoms with Crippen LogP contribution in [0.2, 0.25) is 0 Å². The molecule has 0 bridgehead atoms. The Hall–Kier alpha value is -2.72. The molecule has 9 nitrogen and oxygen atoms in total. The third-order valence-corrected chi connectivity index (χ3v) is 8.82. The molecule has 1 aromatic heterocycles. The number of carbonyl (C=O) groups excluding carboxylic acids is 2. The molecule has 2 aliphatic rings. The summed E-state index contributed by atoms with van der Waals surface area (Å²) in [5, 5.41) is 4.77. The molecular formula is C27H38N4O5S. The predicted molar refractivity (Wildman–Crippen MR) is 142 cm³/mol. The lowest BCUT2D eigenvalue weighted by atomic mass is 9.82. The molecule has 2 heterocycles. The Morgan fingerprint density at radius 1 is 1.05 bits per heavy atom. The van der Waals surface area contributed by atoms with Gasteiger partial charge in [-0.1, -0.05) is 37.3 Å². The summed E-state index contributed by atoms with van der Waals surface area (Å²) in [6.07, 6.45) is 7.43. The molecule has 37 heavy (non-hydrogen) atoms. The number of sulfonamides is 1. The molecule has 1 saturated carbocycles. The van der Waals surface area contributed by atoms with Crippen LogP contribution in [-0.2, 0) is 26.1 Å². The lowest BCUT2D eigenvalue weighted by Crippen LogP contribution is -2.51. The van der Waals surface area contributed by atoms with E-state index < -0.39 is 16.0 Å². The molecular weight excluding hydrogens is 492 g/mol. The number of esters is 1. The molecule has 10 heteroatoms. The predicted octanol–water partition coefficient (Wildman–Crippen LogP) is 3.69. The summed E-state index contributed by atoms with van der Waals surface area (Å²) < 4.78 is 32.7. The van der Waals surface area contributed by atoms with Crippen LogP contribution in [0, 0.1) is 11.8 Å². The summed E-state index contributed by atoms with van der Waals surface area (Å²) >= 11 is 0. The van der Waals surface area contributed by atoms with Crippen molar-refractivity contribution in [1.82, 2.24) is 14.1 Å². The summed E-state index contributed by atoms with van der Waals surface area (Å²) in [6, 6.07) is 9.55. The zero-order valence-electron chi connectivity index (χ0n) is 22.0. The van der Waals surface area contributed by atoms with Gasteiger partial charge in [0.25, 0.3) is 0 Å². The number of aromatic nitrogens is 2. The molecule has 0 atom stereocenters. The highest BCUT2D eigenvalue weighted by Gasteiger charge is 2.39. The molecule has 1 aromatic carbocycles. The normalized spacial score (nSPS) is 21.5. The fourth-order valence-corrected chi connectivity index (χ4v) is 6.26. The molecule has 2 aromatic rings. The van der Waals surface area contributed by atoms with E-state index in [0.717, 1.165) is 31.2 Å². The van der Waals surface area contributed by atoms with Crippen LogP contribution in [0.15, 0.2) is 36.5 Å². The van der Waals surface area contributed by atoms with Crippen molar-refractivity contribution >= 4 is 27.7 Å². The summed E-state index contributed by atoms with van der Waals surface area (Å²) in [4.78, 5) is 28.8. The molecule has 1 aliphatic carbocycles.